The van der Waals surface area contributed by atoms with E-state index in [1.165, 1.54) is 18.2 Å². The van der Waals surface area contributed by atoms with Gasteiger partial charge in [-0.15, -0.1) is 0 Å². The van der Waals surface area contributed by atoms with E-state index >= 15 is 4.39 Å². The van der Waals surface area contributed by atoms with Crippen molar-refractivity contribution >= 4 is 15.9 Å². The molecule has 1 fully saturated rings. The summed E-state index contributed by atoms with van der Waals surface area (Å²) in [7, 11) is -3.81. The molecule has 0 saturated carbocycles. The highest BCUT2D eigenvalue weighted by molar-refractivity contribution is 7.89. The molecule has 2 atom stereocenters. The van der Waals surface area contributed by atoms with Crippen molar-refractivity contribution in [2.75, 3.05) is 6.61 Å². The van der Waals surface area contributed by atoms with Gasteiger partial charge in [-0.05, 0) is 51.3 Å². The van der Waals surface area contributed by atoms with Crippen molar-refractivity contribution in [2.24, 2.45) is 5.73 Å². The SMILES string of the molecule is C[C@H]1CC[C@H](c2ccccc2)S(=O)(=O)N1Cc1cc(F)cc(C(C)(C)OCC(N)=O)c1F. The van der Waals surface area contributed by atoms with Crippen LogP contribution in [0.4, 0.5) is 8.78 Å². The van der Waals surface area contributed by atoms with E-state index < -0.39 is 45.0 Å². The molecule has 0 radical (unpaired) electrons. The Bertz CT molecular complexity index is 1090. The maximum absolute atomic E-state index is 15.4. The first-order valence-electron chi connectivity index (χ1n) is 10.4. The van der Waals surface area contributed by atoms with E-state index in [0.29, 0.717) is 18.4 Å². The van der Waals surface area contributed by atoms with Gasteiger partial charge in [-0.2, -0.15) is 4.31 Å². The fraction of sp³-hybridized carbons (Fsp3) is 0.435. The average Bonchev–Trinajstić information content (AvgIpc) is 2.72. The van der Waals surface area contributed by atoms with Crippen LogP contribution in [0.15, 0.2) is 42.5 Å². The topological polar surface area (TPSA) is 89.7 Å². The summed E-state index contributed by atoms with van der Waals surface area (Å²) >= 11 is 0. The number of rotatable bonds is 7. The van der Waals surface area contributed by atoms with Crippen LogP contribution in [-0.4, -0.2) is 31.3 Å². The number of primary amides is 1. The predicted octanol–water partition coefficient (Wildman–Crippen LogP) is 3.76. The summed E-state index contributed by atoms with van der Waals surface area (Å²) in [5.74, 6) is -2.24. The minimum Gasteiger partial charge on any atom is -0.368 e. The lowest BCUT2D eigenvalue weighted by molar-refractivity contribution is -0.128. The third-order valence-electron chi connectivity index (χ3n) is 5.86. The number of carbonyl (C=O) groups is 1. The molecule has 9 heteroatoms. The van der Waals surface area contributed by atoms with Gasteiger partial charge in [-0.1, -0.05) is 30.3 Å². The summed E-state index contributed by atoms with van der Waals surface area (Å²) in [6.07, 6.45) is 1.05. The fourth-order valence-corrected chi connectivity index (χ4v) is 6.24. The summed E-state index contributed by atoms with van der Waals surface area (Å²) in [4.78, 5) is 11.1. The first-order chi connectivity index (χ1) is 14.9. The lowest BCUT2D eigenvalue weighted by Gasteiger charge is -2.38. The maximum atomic E-state index is 15.4. The monoisotopic (exact) mass is 466 g/mol. The van der Waals surface area contributed by atoms with Crippen LogP contribution in [0.5, 0.6) is 0 Å². The molecule has 0 spiro atoms. The van der Waals surface area contributed by atoms with Crippen molar-refractivity contribution in [1.29, 1.82) is 0 Å². The molecule has 1 aliphatic rings. The van der Waals surface area contributed by atoms with Crippen LogP contribution >= 0.6 is 0 Å². The fourth-order valence-electron chi connectivity index (χ4n) is 4.05. The molecule has 3 rings (SSSR count). The van der Waals surface area contributed by atoms with Gasteiger partial charge in [0.05, 0.1) is 5.60 Å². The molecular weight excluding hydrogens is 438 g/mol. The number of halogens is 2. The van der Waals surface area contributed by atoms with Crippen LogP contribution in [-0.2, 0) is 31.7 Å². The second-order valence-electron chi connectivity index (χ2n) is 8.61. The molecule has 0 aliphatic carbocycles. The van der Waals surface area contributed by atoms with Crippen molar-refractivity contribution in [2.45, 2.75) is 57.1 Å². The molecule has 2 N–H and O–H groups in total. The molecule has 1 amide bonds. The predicted molar refractivity (Wildman–Crippen MR) is 117 cm³/mol. The van der Waals surface area contributed by atoms with Crippen molar-refractivity contribution in [3.05, 3.63) is 70.8 Å². The van der Waals surface area contributed by atoms with Gasteiger partial charge in [0.2, 0.25) is 15.9 Å². The normalized spacial score (nSPS) is 21.4. The lowest BCUT2D eigenvalue weighted by Crippen LogP contribution is -2.45. The Morgan fingerprint density at radius 1 is 1.19 bits per heavy atom. The van der Waals surface area contributed by atoms with Crippen molar-refractivity contribution < 1.29 is 26.7 Å². The number of nitrogens with two attached hydrogens (primary N) is 1. The summed E-state index contributed by atoms with van der Waals surface area (Å²) in [6, 6.07) is 10.5. The number of hydrogen-bond donors (Lipinski definition) is 1. The molecule has 0 bridgehead atoms. The molecule has 1 saturated heterocycles. The van der Waals surface area contributed by atoms with E-state index in [4.69, 9.17) is 10.5 Å². The second-order valence-corrected chi connectivity index (χ2v) is 10.7. The van der Waals surface area contributed by atoms with E-state index in [1.54, 1.807) is 31.2 Å². The van der Waals surface area contributed by atoms with Crippen molar-refractivity contribution in [3.63, 3.8) is 0 Å². The summed E-state index contributed by atoms with van der Waals surface area (Å²) in [6.45, 7) is 3.97. The molecule has 2 aromatic carbocycles. The molecule has 174 valence electrons. The molecular formula is C23H28F2N2O4S. The van der Waals surface area contributed by atoms with Crippen LogP contribution < -0.4 is 5.73 Å². The largest absolute Gasteiger partial charge is 0.368 e. The Morgan fingerprint density at radius 2 is 1.84 bits per heavy atom. The zero-order chi connectivity index (χ0) is 23.7. The number of amides is 1. The van der Waals surface area contributed by atoms with E-state index in [9.17, 15) is 17.6 Å². The van der Waals surface area contributed by atoms with Gasteiger partial charge in [0.1, 0.15) is 23.5 Å². The van der Waals surface area contributed by atoms with E-state index in [-0.39, 0.29) is 23.7 Å². The Labute approximate surface area is 187 Å². The van der Waals surface area contributed by atoms with Gasteiger partial charge >= 0.3 is 0 Å². The highest BCUT2D eigenvalue weighted by Gasteiger charge is 2.41. The molecule has 0 aromatic heterocycles. The Balaban J connectivity index is 1.96. The number of ether oxygens (including phenoxy) is 1. The van der Waals surface area contributed by atoms with Crippen molar-refractivity contribution in [1.82, 2.24) is 4.31 Å². The molecule has 1 aliphatic heterocycles. The standard InChI is InChI=1S/C23H28F2N2O4S/c1-15-9-10-20(16-7-5-4-6-8-16)32(29,30)27(15)13-17-11-18(24)12-19(22(17)25)23(2,3)31-14-21(26)28/h4-8,11-12,15,20H,9-10,13-14H2,1-3H3,(H2,26,28)/t15-,20+/m0/s1. The number of carbonyl (C=O) groups excluding carboxylic acids is 1. The minimum absolute atomic E-state index is 0.0973. The van der Waals surface area contributed by atoms with Gasteiger partial charge in [-0.25, -0.2) is 17.2 Å². The molecule has 1 heterocycles. The molecule has 6 nitrogen and oxygen atoms in total. The first kappa shape index (κ1) is 24.3. The highest BCUT2D eigenvalue weighted by Crippen LogP contribution is 2.39. The average molecular weight is 467 g/mol. The Morgan fingerprint density at radius 3 is 2.47 bits per heavy atom. The summed E-state index contributed by atoms with van der Waals surface area (Å²) < 4.78 is 63.3. The van der Waals surface area contributed by atoms with Crippen LogP contribution in [0.2, 0.25) is 0 Å². The van der Waals surface area contributed by atoms with Gasteiger partial charge in [0, 0.05) is 23.7 Å². The summed E-state index contributed by atoms with van der Waals surface area (Å²) in [5, 5.41) is -0.744. The second kappa shape index (κ2) is 9.25. The quantitative estimate of drug-likeness (QED) is 0.673. The third kappa shape index (κ3) is 5.00. The van der Waals surface area contributed by atoms with E-state index in [0.717, 1.165) is 12.1 Å². The van der Waals surface area contributed by atoms with E-state index in [1.807, 2.05) is 6.07 Å². The van der Waals surface area contributed by atoms with Gasteiger partial charge in [0.25, 0.3) is 0 Å². The van der Waals surface area contributed by atoms with Gasteiger partial charge in [-0.3, -0.25) is 4.79 Å². The number of benzene rings is 2. The van der Waals surface area contributed by atoms with Gasteiger partial charge in [0.15, 0.2) is 0 Å². The maximum Gasteiger partial charge on any atom is 0.243 e. The lowest BCUT2D eigenvalue weighted by atomic mass is 9.94. The van der Waals surface area contributed by atoms with Crippen LogP contribution in [0, 0.1) is 11.6 Å². The Hall–Kier alpha value is -2.36. The van der Waals surface area contributed by atoms with Gasteiger partial charge < -0.3 is 10.5 Å². The zero-order valence-corrected chi connectivity index (χ0v) is 19.2. The van der Waals surface area contributed by atoms with Crippen LogP contribution in [0.3, 0.4) is 0 Å². The molecule has 0 unspecified atom stereocenters. The zero-order valence-electron chi connectivity index (χ0n) is 18.3. The number of hydrogen-bond acceptors (Lipinski definition) is 4. The first-order valence-corrected chi connectivity index (χ1v) is 11.9. The third-order valence-corrected chi connectivity index (χ3v) is 8.23. The minimum atomic E-state index is -3.81. The summed E-state index contributed by atoms with van der Waals surface area (Å²) in [5.41, 5.74) is 4.21. The Kier molecular flexibility index (Phi) is 7.02. The smallest absolute Gasteiger partial charge is 0.243 e. The van der Waals surface area contributed by atoms with Crippen LogP contribution in [0.1, 0.15) is 55.6 Å². The number of nitrogens with zero attached hydrogens (tertiary/aromatic N) is 1. The molecule has 2 aromatic rings. The number of sulfonamides is 1. The highest BCUT2D eigenvalue weighted by atomic mass is 32.2. The van der Waals surface area contributed by atoms with Crippen molar-refractivity contribution in [3.8, 4) is 0 Å². The van der Waals surface area contributed by atoms with Crippen LogP contribution in [0.25, 0.3) is 0 Å². The molecule has 32 heavy (non-hydrogen) atoms. The van der Waals surface area contributed by atoms with E-state index in [2.05, 4.69) is 0 Å².